The zero-order valence-electron chi connectivity index (χ0n) is 15.2. The maximum atomic E-state index is 13.3. The topological polar surface area (TPSA) is 94.1 Å². The van der Waals surface area contributed by atoms with Gasteiger partial charge in [-0.3, -0.25) is 4.68 Å². The minimum atomic E-state index is -3.78. The molecule has 27 heavy (non-hydrogen) atoms. The lowest BCUT2D eigenvalue weighted by molar-refractivity contribution is 0.564. The summed E-state index contributed by atoms with van der Waals surface area (Å²) in [6, 6.07) is 16.2. The van der Waals surface area contributed by atoms with Crippen molar-refractivity contribution in [2.24, 2.45) is 5.73 Å². The van der Waals surface area contributed by atoms with Crippen LogP contribution in [-0.2, 0) is 23.1 Å². The Balaban J connectivity index is 1.99. The normalized spacial score (nSPS) is 11.5. The molecular formula is C19H23N5O2S. The first-order valence-electron chi connectivity index (χ1n) is 8.74. The Bertz CT molecular complexity index is 969. The summed E-state index contributed by atoms with van der Waals surface area (Å²) in [5.74, 6) is 0.288. The Kier molecular flexibility index (Phi) is 5.88. The third kappa shape index (κ3) is 4.53. The molecule has 7 nitrogen and oxygen atoms in total. The molecule has 0 bridgehead atoms. The maximum absolute atomic E-state index is 13.3. The van der Waals surface area contributed by atoms with E-state index in [1.54, 1.807) is 35.1 Å². The average Bonchev–Trinajstić information content (AvgIpc) is 3.14. The minimum Gasteiger partial charge on any atom is -0.330 e. The Morgan fingerprint density at radius 1 is 1.07 bits per heavy atom. The van der Waals surface area contributed by atoms with E-state index in [1.807, 2.05) is 37.3 Å². The van der Waals surface area contributed by atoms with Gasteiger partial charge in [0.15, 0.2) is 5.82 Å². The molecule has 1 aromatic heterocycles. The molecule has 0 atom stereocenters. The smallest absolute Gasteiger partial charge is 0.265 e. The standard InChI is InChI=1S/C19H23N5O2S/c1-16-8-10-18(11-9-16)27(25,26)24(14-17-6-3-2-4-7-17)19-15-23(22-21-19)13-5-12-20/h2-4,6-11,15H,5,12-14,20H2,1H3. The molecule has 2 aromatic carbocycles. The highest BCUT2D eigenvalue weighted by molar-refractivity contribution is 7.92. The number of nitrogens with two attached hydrogens (primary N) is 1. The molecule has 3 aromatic rings. The van der Waals surface area contributed by atoms with Crippen molar-refractivity contribution in [2.45, 2.75) is 31.3 Å². The van der Waals surface area contributed by atoms with Crippen LogP contribution < -0.4 is 10.0 Å². The Morgan fingerprint density at radius 2 is 1.78 bits per heavy atom. The molecule has 0 unspecified atom stereocenters. The number of hydrogen-bond acceptors (Lipinski definition) is 5. The van der Waals surface area contributed by atoms with Crippen molar-refractivity contribution in [1.29, 1.82) is 0 Å². The zero-order valence-corrected chi connectivity index (χ0v) is 16.0. The summed E-state index contributed by atoms with van der Waals surface area (Å²) in [6.07, 6.45) is 2.39. The van der Waals surface area contributed by atoms with Gasteiger partial charge in [-0.05, 0) is 37.6 Å². The number of sulfonamides is 1. The van der Waals surface area contributed by atoms with Gasteiger partial charge in [-0.2, -0.15) is 0 Å². The second kappa shape index (κ2) is 8.32. The molecule has 1 heterocycles. The molecule has 0 spiro atoms. The lowest BCUT2D eigenvalue weighted by atomic mass is 10.2. The first-order valence-corrected chi connectivity index (χ1v) is 10.2. The number of benzene rings is 2. The van der Waals surface area contributed by atoms with Crippen molar-refractivity contribution in [2.75, 3.05) is 10.8 Å². The fourth-order valence-electron chi connectivity index (χ4n) is 2.64. The average molecular weight is 385 g/mol. The third-order valence-electron chi connectivity index (χ3n) is 4.15. The van der Waals surface area contributed by atoms with Gasteiger partial charge < -0.3 is 5.73 Å². The summed E-state index contributed by atoms with van der Waals surface area (Å²) in [5, 5.41) is 8.14. The highest BCUT2D eigenvalue weighted by Crippen LogP contribution is 2.24. The predicted octanol–water partition coefficient (Wildman–Crippen LogP) is 2.33. The van der Waals surface area contributed by atoms with Gasteiger partial charge >= 0.3 is 0 Å². The summed E-state index contributed by atoms with van der Waals surface area (Å²) in [5.41, 5.74) is 7.40. The number of anilines is 1. The minimum absolute atomic E-state index is 0.173. The molecule has 0 radical (unpaired) electrons. The van der Waals surface area contributed by atoms with Crippen molar-refractivity contribution < 1.29 is 8.42 Å². The molecule has 2 N–H and O–H groups in total. The van der Waals surface area contributed by atoms with Crippen LogP contribution in [0, 0.1) is 6.92 Å². The van der Waals surface area contributed by atoms with Gasteiger partial charge in [0, 0.05) is 6.54 Å². The van der Waals surface area contributed by atoms with Gasteiger partial charge in [0.05, 0.1) is 17.6 Å². The van der Waals surface area contributed by atoms with Crippen molar-refractivity contribution >= 4 is 15.8 Å². The van der Waals surface area contributed by atoms with Crippen molar-refractivity contribution in [1.82, 2.24) is 15.0 Å². The van der Waals surface area contributed by atoms with E-state index in [-0.39, 0.29) is 17.3 Å². The predicted molar refractivity (Wildman–Crippen MR) is 105 cm³/mol. The van der Waals surface area contributed by atoms with E-state index in [0.29, 0.717) is 13.1 Å². The van der Waals surface area contributed by atoms with Crippen molar-refractivity contribution in [3.05, 3.63) is 71.9 Å². The van der Waals surface area contributed by atoms with Crippen LogP contribution in [0.2, 0.25) is 0 Å². The van der Waals surface area contributed by atoms with Crippen LogP contribution in [0.15, 0.2) is 65.7 Å². The van der Waals surface area contributed by atoms with Gasteiger partial charge in [0.2, 0.25) is 0 Å². The third-order valence-corrected chi connectivity index (χ3v) is 5.92. The van der Waals surface area contributed by atoms with Gasteiger partial charge in [-0.25, -0.2) is 12.7 Å². The van der Waals surface area contributed by atoms with Crippen LogP contribution in [0.5, 0.6) is 0 Å². The molecule has 0 saturated heterocycles. The van der Waals surface area contributed by atoms with Crippen LogP contribution in [0.1, 0.15) is 17.5 Å². The molecule has 8 heteroatoms. The highest BCUT2D eigenvalue weighted by Gasteiger charge is 2.27. The van der Waals surface area contributed by atoms with Crippen LogP contribution >= 0.6 is 0 Å². The molecular weight excluding hydrogens is 362 g/mol. The maximum Gasteiger partial charge on any atom is 0.265 e. The molecule has 0 amide bonds. The van der Waals surface area contributed by atoms with E-state index in [2.05, 4.69) is 10.3 Å². The van der Waals surface area contributed by atoms with Crippen LogP contribution in [0.3, 0.4) is 0 Å². The van der Waals surface area contributed by atoms with E-state index in [9.17, 15) is 8.42 Å². The second-order valence-electron chi connectivity index (χ2n) is 6.29. The van der Waals surface area contributed by atoms with Crippen LogP contribution in [0.4, 0.5) is 5.82 Å². The first-order chi connectivity index (χ1) is 13.0. The van der Waals surface area contributed by atoms with E-state index in [1.165, 1.54) is 4.31 Å². The Hall–Kier alpha value is -2.71. The number of rotatable bonds is 8. The molecule has 0 aliphatic carbocycles. The summed E-state index contributed by atoms with van der Waals surface area (Å²) < 4.78 is 29.5. The summed E-state index contributed by atoms with van der Waals surface area (Å²) in [6.45, 7) is 3.21. The summed E-state index contributed by atoms with van der Waals surface area (Å²) >= 11 is 0. The number of aromatic nitrogens is 3. The van der Waals surface area contributed by atoms with Crippen LogP contribution in [0.25, 0.3) is 0 Å². The fraction of sp³-hybridized carbons (Fsp3) is 0.263. The molecule has 0 fully saturated rings. The monoisotopic (exact) mass is 385 g/mol. The fourth-order valence-corrected chi connectivity index (χ4v) is 4.02. The van der Waals surface area contributed by atoms with Crippen molar-refractivity contribution in [3.8, 4) is 0 Å². The van der Waals surface area contributed by atoms with Gasteiger partial charge in [0.1, 0.15) is 0 Å². The lowest BCUT2D eigenvalue weighted by Crippen LogP contribution is -2.31. The first kappa shape index (κ1) is 19.1. The number of nitrogens with zero attached hydrogens (tertiary/aromatic N) is 4. The van der Waals surface area contributed by atoms with Crippen molar-refractivity contribution in [3.63, 3.8) is 0 Å². The molecule has 3 rings (SSSR count). The van der Waals surface area contributed by atoms with E-state index in [0.717, 1.165) is 17.5 Å². The molecule has 0 aliphatic rings. The summed E-state index contributed by atoms with van der Waals surface area (Å²) in [7, 11) is -3.78. The van der Waals surface area contributed by atoms with Gasteiger partial charge in [-0.15, -0.1) is 5.10 Å². The quantitative estimate of drug-likeness (QED) is 0.642. The SMILES string of the molecule is Cc1ccc(S(=O)(=O)N(Cc2ccccc2)c2cn(CCCN)nn2)cc1. The van der Waals surface area contributed by atoms with E-state index < -0.39 is 10.0 Å². The van der Waals surface area contributed by atoms with E-state index >= 15 is 0 Å². The number of hydrogen-bond donors (Lipinski definition) is 1. The highest BCUT2D eigenvalue weighted by atomic mass is 32.2. The summed E-state index contributed by atoms with van der Waals surface area (Å²) in [4.78, 5) is 0.223. The van der Waals surface area contributed by atoms with Gasteiger partial charge in [0.25, 0.3) is 10.0 Å². The van der Waals surface area contributed by atoms with Gasteiger partial charge in [-0.1, -0.05) is 53.2 Å². The Morgan fingerprint density at radius 3 is 2.44 bits per heavy atom. The largest absolute Gasteiger partial charge is 0.330 e. The molecule has 142 valence electrons. The van der Waals surface area contributed by atoms with Crippen LogP contribution in [-0.4, -0.2) is 30.0 Å². The molecule has 0 saturated carbocycles. The second-order valence-corrected chi connectivity index (χ2v) is 8.15. The number of aryl methyl sites for hydroxylation is 2. The zero-order chi connectivity index (χ0) is 19.3. The molecule has 0 aliphatic heterocycles. The lowest BCUT2D eigenvalue weighted by Gasteiger charge is -2.22. The Labute approximate surface area is 159 Å². The van der Waals surface area contributed by atoms with E-state index in [4.69, 9.17) is 5.73 Å².